The molecular formula is C30H37FN8O6. The molecular weight excluding hydrogens is 587 g/mol. The van der Waals surface area contributed by atoms with Gasteiger partial charge in [-0.25, -0.2) is 19.2 Å². The molecule has 4 rings (SSSR count). The second kappa shape index (κ2) is 14.6. The maximum atomic E-state index is 16.0. The Morgan fingerprint density at radius 1 is 1.11 bits per heavy atom. The first-order chi connectivity index (χ1) is 21.5. The molecule has 0 aliphatic heterocycles. The van der Waals surface area contributed by atoms with Gasteiger partial charge in [-0.1, -0.05) is 32.9 Å². The van der Waals surface area contributed by atoms with Gasteiger partial charge in [-0.15, -0.1) is 9.78 Å². The summed E-state index contributed by atoms with van der Waals surface area (Å²) < 4.78 is 38.8. The fourth-order valence-corrected chi connectivity index (χ4v) is 4.05. The summed E-state index contributed by atoms with van der Waals surface area (Å²) in [5.41, 5.74) is 7.22. The van der Waals surface area contributed by atoms with Crippen LogP contribution in [-0.2, 0) is 4.74 Å². The minimum Gasteiger partial charge on any atom is -0.497 e. The third-order valence-electron chi connectivity index (χ3n) is 6.20. The highest BCUT2D eigenvalue weighted by Crippen LogP contribution is 2.36. The molecule has 1 amide bonds. The van der Waals surface area contributed by atoms with Gasteiger partial charge in [-0.3, -0.25) is 0 Å². The molecule has 0 saturated heterocycles. The van der Waals surface area contributed by atoms with E-state index in [1.54, 1.807) is 30.3 Å². The molecule has 45 heavy (non-hydrogen) atoms. The molecule has 0 bridgehead atoms. The van der Waals surface area contributed by atoms with Gasteiger partial charge in [0, 0.05) is 29.7 Å². The highest BCUT2D eigenvalue weighted by Gasteiger charge is 2.28. The highest BCUT2D eigenvalue weighted by molar-refractivity contribution is 5.68. The number of nitrogens with two attached hydrogens (primary N) is 1. The van der Waals surface area contributed by atoms with Gasteiger partial charge in [-0.05, 0) is 35.2 Å². The lowest BCUT2D eigenvalue weighted by molar-refractivity contribution is 0.103. The summed E-state index contributed by atoms with van der Waals surface area (Å²) in [6.45, 7) is 5.63. The summed E-state index contributed by atoms with van der Waals surface area (Å²) in [4.78, 5) is 25.1. The van der Waals surface area contributed by atoms with Crippen LogP contribution in [0.5, 0.6) is 17.5 Å². The third kappa shape index (κ3) is 8.55. The summed E-state index contributed by atoms with van der Waals surface area (Å²) >= 11 is 0. The first kappa shape index (κ1) is 32.9. The van der Waals surface area contributed by atoms with E-state index in [1.807, 2.05) is 20.8 Å². The Balaban J connectivity index is 1.69. The number of benzene rings is 2. The Hall–Kier alpha value is -5.02. The molecule has 0 saturated carbocycles. The summed E-state index contributed by atoms with van der Waals surface area (Å²) in [6.07, 6.45) is 1.61. The van der Waals surface area contributed by atoms with Crippen LogP contribution in [0, 0.1) is 11.2 Å². The maximum Gasteiger partial charge on any atom is 0.408 e. The van der Waals surface area contributed by atoms with E-state index < -0.39 is 24.1 Å². The second-order valence-corrected chi connectivity index (χ2v) is 11.0. The van der Waals surface area contributed by atoms with Gasteiger partial charge in [0.25, 0.3) is 5.95 Å². The average Bonchev–Trinajstić information content (AvgIpc) is 3.47. The zero-order valence-electron chi connectivity index (χ0n) is 25.7. The second-order valence-electron chi connectivity index (χ2n) is 11.0. The molecule has 2 atom stereocenters. The van der Waals surface area contributed by atoms with Crippen molar-refractivity contribution in [1.29, 1.82) is 0 Å². The number of aliphatic hydroxyl groups excluding tert-OH is 1. The Morgan fingerprint density at radius 2 is 1.82 bits per heavy atom. The van der Waals surface area contributed by atoms with Crippen molar-refractivity contribution in [3.63, 3.8) is 0 Å². The predicted octanol–water partition coefficient (Wildman–Crippen LogP) is 3.52. The number of alkyl carbamates (subject to hydrolysis) is 1. The lowest BCUT2D eigenvalue weighted by atomic mass is 9.99. The number of ether oxygens (including phenoxy) is 4. The van der Waals surface area contributed by atoms with E-state index in [0.717, 1.165) is 0 Å². The molecule has 2 unspecified atom stereocenters. The number of carbonyl (C=O) groups is 1. The normalized spacial score (nSPS) is 12.6. The first-order valence-corrected chi connectivity index (χ1v) is 14.0. The minimum absolute atomic E-state index is 0.0637. The number of aromatic nitrogens is 5. The van der Waals surface area contributed by atoms with Crippen LogP contribution >= 0.6 is 0 Å². The number of halogens is 1. The summed E-state index contributed by atoms with van der Waals surface area (Å²) in [6, 6.07) is 10.4. The van der Waals surface area contributed by atoms with Crippen LogP contribution in [0.3, 0.4) is 0 Å². The molecule has 0 radical (unpaired) electrons. The lowest BCUT2D eigenvalue weighted by Gasteiger charge is -2.21. The van der Waals surface area contributed by atoms with Gasteiger partial charge in [0.2, 0.25) is 0 Å². The Bertz CT molecular complexity index is 1560. The Kier molecular flexibility index (Phi) is 10.7. The van der Waals surface area contributed by atoms with Gasteiger partial charge < -0.3 is 40.4 Å². The molecule has 2 aromatic heterocycles. The number of nitrogens with zero attached hydrogens (tertiary/aromatic N) is 5. The molecule has 0 aliphatic carbocycles. The summed E-state index contributed by atoms with van der Waals surface area (Å²) in [5, 5.41) is 19.7. The van der Waals surface area contributed by atoms with Crippen molar-refractivity contribution >= 4 is 11.8 Å². The van der Waals surface area contributed by atoms with Gasteiger partial charge in [0.1, 0.15) is 24.6 Å². The van der Waals surface area contributed by atoms with Crippen molar-refractivity contribution in [2.45, 2.75) is 33.0 Å². The zero-order chi connectivity index (χ0) is 32.6. The fourth-order valence-electron chi connectivity index (χ4n) is 4.05. The number of anilines is 1. The quantitative estimate of drug-likeness (QED) is 0.159. The minimum atomic E-state index is -1.01. The monoisotopic (exact) mass is 624 g/mol. The van der Waals surface area contributed by atoms with Crippen molar-refractivity contribution in [3.8, 4) is 23.5 Å². The lowest BCUT2D eigenvalue weighted by Crippen LogP contribution is -2.35. The molecule has 0 aliphatic rings. The van der Waals surface area contributed by atoms with E-state index in [2.05, 4.69) is 30.7 Å². The van der Waals surface area contributed by atoms with Crippen LogP contribution in [0.2, 0.25) is 0 Å². The number of methoxy groups -OCH3 is 2. The third-order valence-corrected chi connectivity index (χ3v) is 6.20. The summed E-state index contributed by atoms with van der Waals surface area (Å²) in [5.74, 6) is -0.242. The van der Waals surface area contributed by atoms with Crippen LogP contribution in [0.25, 0.3) is 5.95 Å². The highest BCUT2D eigenvalue weighted by atomic mass is 19.1. The van der Waals surface area contributed by atoms with Gasteiger partial charge in [0.05, 0.1) is 27.4 Å². The molecule has 2 heterocycles. The molecule has 14 nitrogen and oxygen atoms in total. The molecule has 0 fully saturated rings. The Morgan fingerprint density at radius 3 is 2.44 bits per heavy atom. The fraction of sp³-hybridized carbons (Fsp3) is 0.367. The predicted molar refractivity (Wildman–Crippen MR) is 162 cm³/mol. The first-order valence-electron chi connectivity index (χ1n) is 14.0. The zero-order valence-corrected chi connectivity index (χ0v) is 25.7. The van der Waals surface area contributed by atoms with Crippen molar-refractivity contribution in [2.24, 2.45) is 11.1 Å². The van der Waals surface area contributed by atoms with Gasteiger partial charge in [-0.2, -0.15) is 4.98 Å². The molecule has 2 aromatic carbocycles. The smallest absolute Gasteiger partial charge is 0.408 e. The number of amides is 1. The van der Waals surface area contributed by atoms with Gasteiger partial charge in [0.15, 0.2) is 17.4 Å². The topological polar surface area (TPSA) is 181 Å². The molecule has 0 spiro atoms. The number of hydrogen-bond donors (Lipinski definition) is 4. The number of aliphatic hydroxyl groups is 1. The SMILES string of the molecule is COc1cc(OCCO)c(F)c(C(Nc2ccc(C(N)NC(=O)OCC(C)(C)C)cc2)c2nc(OC)n(-c3ncccn3)n2)c1. The van der Waals surface area contributed by atoms with Crippen LogP contribution in [0.4, 0.5) is 14.9 Å². The van der Waals surface area contributed by atoms with Crippen LogP contribution < -0.4 is 30.6 Å². The van der Waals surface area contributed by atoms with Crippen LogP contribution in [0.1, 0.15) is 49.9 Å². The molecule has 5 N–H and O–H groups in total. The largest absolute Gasteiger partial charge is 0.497 e. The van der Waals surface area contributed by atoms with Crippen molar-refractivity contribution < 1.29 is 33.2 Å². The van der Waals surface area contributed by atoms with Crippen molar-refractivity contribution in [2.75, 3.05) is 39.4 Å². The van der Waals surface area contributed by atoms with E-state index in [0.29, 0.717) is 17.0 Å². The van der Waals surface area contributed by atoms with E-state index in [9.17, 15) is 9.90 Å². The maximum absolute atomic E-state index is 16.0. The number of rotatable bonds is 13. The van der Waals surface area contributed by atoms with Crippen LogP contribution in [0.15, 0.2) is 54.9 Å². The molecule has 240 valence electrons. The summed E-state index contributed by atoms with van der Waals surface area (Å²) in [7, 11) is 2.85. The van der Waals surface area contributed by atoms with Gasteiger partial charge >= 0.3 is 12.1 Å². The molecule has 15 heteroatoms. The molecule has 4 aromatic rings. The van der Waals surface area contributed by atoms with Crippen molar-refractivity contribution in [3.05, 3.63) is 77.6 Å². The number of carbonyl (C=O) groups excluding carboxylic acids is 1. The Labute approximate surface area is 259 Å². The number of hydrogen-bond acceptors (Lipinski definition) is 12. The van der Waals surface area contributed by atoms with E-state index in [4.69, 9.17) is 24.7 Å². The van der Waals surface area contributed by atoms with Crippen LogP contribution in [-0.4, -0.2) is 70.0 Å². The van der Waals surface area contributed by atoms with E-state index in [1.165, 1.54) is 43.4 Å². The van der Waals surface area contributed by atoms with Crippen molar-refractivity contribution in [1.82, 2.24) is 30.0 Å². The van der Waals surface area contributed by atoms with E-state index >= 15 is 4.39 Å². The standard InChI is InChI=1S/C30H37FN8O6/c1-30(2,3)17-45-29(41)36-25(32)18-7-9-19(10-8-18)35-24(21-15-20(42-4)16-22(23(21)31)44-14-13-40)26-37-28(43-5)39(38-26)27-33-11-6-12-34-27/h6-12,15-16,24-25,35,40H,13-14,17,32H2,1-5H3,(H,36,41). The average molecular weight is 625 g/mol. The number of nitrogens with one attached hydrogen (secondary N) is 2. The van der Waals surface area contributed by atoms with E-state index in [-0.39, 0.29) is 54.3 Å².